The molecular weight excluding hydrogens is 172 g/mol. The van der Waals surface area contributed by atoms with Crippen LogP contribution in [0.1, 0.15) is 53.9 Å². The average Bonchev–Trinajstić information content (AvgIpc) is 2.49. The average molecular weight is 196 g/mol. The third kappa shape index (κ3) is 1.32. The molecule has 2 bridgehead atoms. The zero-order chi connectivity index (χ0) is 10.6. The molecule has 2 rings (SSSR count). The van der Waals surface area contributed by atoms with Gasteiger partial charge in [0.25, 0.3) is 0 Å². The van der Waals surface area contributed by atoms with Crippen LogP contribution >= 0.6 is 0 Å². The van der Waals surface area contributed by atoms with Crippen LogP contribution < -0.4 is 0 Å². The zero-order valence-corrected chi connectivity index (χ0v) is 10.3. The summed E-state index contributed by atoms with van der Waals surface area (Å²) in [6, 6.07) is 0. The van der Waals surface area contributed by atoms with E-state index in [0.29, 0.717) is 23.0 Å². The predicted octanol–water partition coefficient (Wildman–Crippen LogP) is 3.63. The molecule has 0 aromatic heterocycles. The molecule has 2 unspecified atom stereocenters. The summed E-state index contributed by atoms with van der Waals surface area (Å²) in [5.41, 5.74) is 0.871. The first kappa shape index (κ1) is 10.5. The topological polar surface area (TPSA) is 9.23 Å². The second-order valence-electron chi connectivity index (χ2n) is 6.48. The lowest BCUT2D eigenvalue weighted by atomic mass is 9.70. The Morgan fingerprint density at radius 2 is 1.86 bits per heavy atom. The number of hydrogen-bond donors (Lipinski definition) is 0. The van der Waals surface area contributed by atoms with Crippen LogP contribution in [0.2, 0.25) is 0 Å². The summed E-state index contributed by atoms with van der Waals surface area (Å²) >= 11 is 0. The summed E-state index contributed by atoms with van der Waals surface area (Å²) in [6.45, 7) is 11.5. The summed E-state index contributed by atoms with van der Waals surface area (Å²) in [7, 11) is 0. The molecule has 0 saturated heterocycles. The van der Waals surface area contributed by atoms with Gasteiger partial charge >= 0.3 is 0 Å². The van der Waals surface area contributed by atoms with Gasteiger partial charge in [0.2, 0.25) is 0 Å². The van der Waals surface area contributed by atoms with Crippen molar-refractivity contribution in [3.8, 4) is 0 Å². The minimum Gasteiger partial charge on any atom is -0.374 e. The Balaban J connectivity index is 2.21. The van der Waals surface area contributed by atoms with Crippen LogP contribution in [0.5, 0.6) is 0 Å². The maximum absolute atomic E-state index is 6.16. The van der Waals surface area contributed by atoms with E-state index in [1.165, 1.54) is 19.3 Å². The third-order valence-corrected chi connectivity index (χ3v) is 4.55. The van der Waals surface area contributed by atoms with Crippen molar-refractivity contribution in [3.63, 3.8) is 0 Å². The van der Waals surface area contributed by atoms with Gasteiger partial charge < -0.3 is 4.74 Å². The lowest BCUT2D eigenvalue weighted by Gasteiger charge is -2.43. The Hall–Kier alpha value is -0.0400. The molecule has 1 nitrogen and oxygen atoms in total. The van der Waals surface area contributed by atoms with E-state index in [1.54, 1.807) is 0 Å². The maximum Gasteiger partial charge on any atom is 0.0685 e. The SMILES string of the molecule is CC(C)OC1C2(C)CC[C@H](C2)C1(C)C. The van der Waals surface area contributed by atoms with Crippen molar-refractivity contribution < 1.29 is 4.74 Å². The molecule has 0 radical (unpaired) electrons. The molecule has 82 valence electrons. The summed E-state index contributed by atoms with van der Waals surface area (Å²) in [5, 5.41) is 0. The van der Waals surface area contributed by atoms with E-state index in [9.17, 15) is 0 Å². The normalized spacial score (nSPS) is 45.0. The van der Waals surface area contributed by atoms with E-state index in [0.717, 1.165) is 5.92 Å². The highest BCUT2D eigenvalue weighted by Gasteiger charge is 2.60. The lowest BCUT2D eigenvalue weighted by molar-refractivity contribution is -0.113. The zero-order valence-electron chi connectivity index (χ0n) is 10.3. The Kier molecular flexibility index (Phi) is 2.23. The fourth-order valence-corrected chi connectivity index (χ4v) is 3.87. The first-order valence-electron chi connectivity index (χ1n) is 6.02. The van der Waals surface area contributed by atoms with Gasteiger partial charge in [-0.25, -0.2) is 0 Å². The van der Waals surface area contributed by atoms with Crippen molar-refractivity contribution in [1.29, 1.82) is 0 Å². The van der Waals surface area contributed by atoms with E-state index in [2.05, 4.69) is 34.6 Å². The first-order valence-corrected chi connectivity index (χ1v) is 6.02. The molecule has 0 aromatic carbocycles. The van der Waals surface area contributed by atoms with Crippen molar-refractivity contribution >= 4 is 0 Å². The van der Waals surface area contributed by atoms with Crippen LogP contribution in [0.3, 0.4) is 0 Å². The van der Waals surface area contributed by atoms with Gasteiger partial charge in [-0.3, -0.25) is 0 Å². The molecule has 2 aliphatic rings. The molecule has 2 fully saturated rings. The number of fused-ring (bicyclic) bond motifs is 2. The van der Waals surface area contributed by atoms with Gasteiger partial charge in [0.15, 0.2) is 0 Å². The van der Waals surface area contributed by atoms with E-state index in [1.807, 2.05) is 0 Å². The molecule has 0 aromatic rings. The smallest absolute Gasteiger partial charge is 0.0685 e. The molecular formula is C13H24O. The Morgan fingerprint density at radius 1 is 1.21 bits per heavy atom. The fraction of sp³-hybridized carbons (Fsp3) is 1.00. The molecule has 0 aliphatic heterocycles. The Morgan fingerprint density at radius 3 is 2.29 bits per heavy atom. The minimum absolute atomic E-state index is 0.371. The van der Waals surface area contributed by atoms with Gasteiger partial charge in [0.05, 0.1) is 12.2 Å². The molecule has 14 heavy (non-hydrogen) atoms. The molecule has 0 N–H and O–H groups in total. The monoisotopic (exact) mass is 196 g/mol. The van der Waals surface area contributed by atoms with Crippen LogP contribution in [0.15, 0.2) is 0 Å². The van der Waals surface area contributed by atoms with Crippen LogP contribution in [-0.2, 0) is 4.74 Å². The molecule has 2 aliphatic carbocycles. The van der Waals surface area contributed by atoms with Crippen molar-refractivity contribution in [2.45, 2.75) is 66.1 Å². The molecule has 3 atom stereocenters. The predicted molar refractivity (Wildman–Crippen MR) is 59.2 cm³/mol. The molecule has 2 saturated carbocycles. The third-order valence-electron chi connectivity index (χ3n) is 4.55. The van der Waals surface area contributed by atoms with Crippen molar-refractivity contribution in [1.82, 2.24) is 0 Å². The summed E-state index contributed by atoms with van der Waals surface area (Å²) in [5.74, 6) is 0.899. The second kappa shape index (κ2) is 2.98. The molecule has 0 spiro atoms. The van der Waals surface area contributed by atoms with Gasteiger partial charge in [0.1, 0.15) is 0 Å². The van der Waals surface area contributed by atoms with Crippen molar-refractivity contribution in [2.75, 3.05) is 0 Å². The van der Waals surface area contributed by atoms with E-state index in [-0.39, 0.29) is 0 Å². The molecule has 0 heterocycles. The van der Waals surface area contributed by atoms with Gasteiger partial charge in [0, 0.05) is 0 Å². The van der Waals surface area contributed by atoms with Crippen LogP contribution in [0.4, 0.5) is 0 Å². The van der Waals surface area contributed by atoms with Crippen LogP contribution in [-0.4, -0.2) is 12.2 Å². The minimum atomic E-state index is 0.371. The highest BCUT2D eigenvalue weighted by atomic mass is 16.5. The van der Waals surface area contributed by atoms with Gasteiger partial charge in [-0.1, -0.05) is 20.8 Å². The number of hydrogen-bond acceptors (Lipinski definition) is 1. The van der Waals surface area contributed by atoms with E-state index >= 15 is 0 Å². The standard InChI is InChI=1S/C13H24O/c1-9(2)14-11-12(3,4)10-6-7-13(11,5)8-10/h9-11H,6-8H2,1-5H3/t10-,11?,13?/m1/s1. The van der Waals surface area contributed by atoms with Crippen LogP contribution in [0, 0.1) is 16.7 Å². The number of rotatable bonds is 2. The largest absolute Gasteiger partial charge is 0.374 e. The fourth-order valence-electron chi connectivity index (χ4n) is 3.87. The lowest BCUT2D eigenvalue weighted by Crippen LogP contribution is -2.43. The highest BCUT2D eigenvalue weighted by molar-refractivity contribution is 5.09. The van der Waals surface area contributed by atoms with Gasteiger partial charge in [-0.2, -0.15) is 0 Å². The Labute approximate surface area is 88.2 Å². The summed E-state index contributed by atoms with van der Waals surface area (Å²) < 4.78 is 6.16. The van der Waals surface area contributed by atoms with Gasteiger partial charge in [-0.15, -0.1) is 0 Å². The molecule has 0 amide bonds. The van der Waals surface area contributed by atoms with E-state index in [4.69, 9.17) is 4.74 Å². The summed E-state index contributed by atoms with van der Waals surface area (Å²) in [6.07, 6.45) is 5.03. The molecule has 1 heteroatoms. The van der Waals surface area contributed by atoms with Gasteiger partial charge in [-0.05, 0) is 49.9 Å². The Bertz CT molecular complexity index is 227. The van der Waals surface area contributed by atoms with E-state index < -0.39 is 0 Å². The first-order chi connectivity index (χ1) is 6.36. The maximum atomic E-state index is 6.16. The van der Waals surface area contributed by atoms with Crippen molar-refractivity contribution in [3.05, 3.63) is 0 Å². The number of ether oxygens (including phenoxy) is 1. The second-order valence-corrected chi connectivity index (χ2v) is 6.48. The van der Waals surface area contributed by atoms with Crippen molar-refractivity contribution in [2.24, 2.45) is 16.7 Å². The van der Waals surface area contributed by atoms with Crippen LogP contribution in [0.25, 0.3) is 0 Å². The quantitative estimate of drug-likeness (QED) is 0.655. The highest BCUT2D eigenvalue weighted by Crippen LogP contribution is 2.63. The summed E-state index contributed by atoms with van der Waals surface area (Å²) in [4.78, 5) is 0.